The number of methoxy groups -OCH3 is 1. The highest BCUT2D eigenvalue weighted by molar-refractivity contribution is 5.76. The maximum absolute atomic E-state index is 12.3. The van der Waals surface area contributed by atoms with Crippen LogP contribution in [0, 0.1) is 0 Å². The van der Waals surface area contributed by atoms with Gasteiger partial charge in [-0.25, -0.2) is 0 Å². The molecule has 1 amide bonds. The van der Waals surface area contributed by atoms with Crippen LogP contribution in [0.3, 0.4) is 0 Å². The van der Waals surface area contributed by atoms with Crippen molar-refractivity contribution >= 4 is 5.91 Å². The third-order valence-electron chi connectivity index (χ3n) is 3.33. The van der Waals surface area contributed by atoms with Gasteiger partial charge in [-0.1, -0.05) is 18.2 Å². The van der Waals surface area contributed by atoms with E-state index in [1.807, 2.05) is 31.2 Å². The number of benzene rings is 1. The molecule has 1 atom stereocenters. The van der Waals surface area contributed by atoms with Crippen molar-refractivity contribution in [3.63, 3.8) is 0 Å². The number of nitrogens with zero attached hydrogens (tertiary/aromatic N) is 1. The molecule has 1 rings (SSSR count). The Morgan fingerprint density at radius 2 is 2.14 bits per heavy atom. The second-order valence-corrected chi connectivity index (χ2v) is 5.22. The fourth-order valence-corrected chi connectivity index (χ4v) is 2.19. The maximum atomic E-state index is 12.3. The Balaban J connectivity index is 2.65. The van der Waals surface area contributed by atoms with Gasteiger partial charge in [-0.05, 0) is 25.8 Å². The van der Waals surface area contributed by atoms with Gasteiger partial charge >= 0.3 is 0 Å². The van der Waals surface area contributed by atoms with Gasteiger partial charge in [0.1, 0.15) is 5.75 Å². The average molecular weight is 294 g/mol. The normalized spacial score (nSPS) is 12.0. The predicted molar refractivity (Wildman–Crippen MR) is 83.0 cm³/mol. The first-order valence-corrected chi connectivity index (χ1v) is 7.34. The third kappa shape index (κ3) is 6.14. The summed E-state index contributed by atoms with van der Waals surface area (Å²) in [5.41, 5.74) is 6.63. The number of aliphatic hydroxyl groups is 1. The molecule has 0 aliphatic heterocycles. The van der Waals surface area contributed by atoms with Gasteiger partial charge in [0, 0.05) is 31.1 Å². The van der Waals surface area contributed by atoms with Crippen molar-refractivity contribution in [1.82, 2.24) is 4.90 Å². The molecule has 0 aliphatic carbocycles. The number of carbonyl (C=O) groups excluding carboxylic acids is 1. The molecule has 0 heterocycles. The molecule has 5 nitrogen and oxygen atoms in total. The minimum Gasteiger partial charge on any atom is -0.496 e. The van der Waals surface area contributed by atoms with Crippen molar-refractivity contribution in [1.29, 1.82) is 0 Å². The molecule has 0 saturated carbocycles. The molecule has 0 aliphatic rings. The van der Waals surface area contributed by atoms with E-state index < -0.39 is 0 Å². The Hall–Kier alpha value is -1.59. The van der Waals surface area contributed by atoms with E-state index in [0.29, 0.717) is 19.5 Å². The predicted octanol–water partition coefficient (Wildman–Crippen LogP) is 1.53. The molecule has 0 radical (unpaired) electrons. The summed E-state index contributed by atoms with van der Waals surface area (Å²) in [6.07, 6.45) is 2.05. The zero-order valence-electron chi connectivity index (χ0n) is 12.9. The fourth-order valence-electron chi connectivity index (χ4n) is 2.19. The van der Waals surface area contributed by atoms with E-state index in [0.717, 1.165) is 24.2 Å². The molecule has 0 fully saturated rings. The van der Waals surface area contributed by atoms with Gasteiger partial charge in [-0.2, -0.15) is 0 Å². The summed E-state index contributed by atoms with van der Waals surface area (Å²) in [6, 6.07) is 7.71. The van der Waals surface area contributed by atoms with Crippen molar-refractivity contribution in [3.8, 4) is 5.75 Å². The number of aliphatic hydroxyl groups excluding tert-OH is 1. The highest BCUT2D eigenvalue weighted by Crippen LogP contribution is 2.19. The Morgan fingerprint density at radius 1 is 1.43 bits per heavy atom. The smallest absolute Gasteiger partial charge is 0.222 e. The van der Waals surface area contributed by atoms with Gasteiger partial charge in [-0.3, -0.25) is 4.79 Å². The molecule has 3 N–H and O–H groups in total. The summed E-state index contributed by atoms with van der Waals surface area (Å²) in [4.78, 5) is 13.9. The summed E-state index contributed by atoms with van der Waals surface area (Å²) < 4.78 is 5.30. The third-order valence-corrected chi connectivity index (χ3v) is 3.33. The first-order chi connectivity index (χ1) is 10.1. The Bertz CT molecular complexity index is 435. The number of carbonyl (C=O) groups is 1. The second-order valence-electron chi connectivity index (χ2n) is 5.22. The molecular weight excluding hydrogens is 268 g/mol. The highest BCUT2D eigenvalue weighted by atomic mass is 16.5. The van der Waals surface area contributed by atoms with Crippen LogP contribution < -0.4 is 10.5 Å². The lowest BCUT2D eigenvalue weighted by Crippen LogP contribution is -2.33. The molecule has 0 spiro atoms. The lowest BCUT2D eigenvalue weighted by atomic mass is 10.1. The Labute approximate surface area is 126 Å². The van der Waals surface area contributed by atoms with Crippen molar-refractivity contribution in [2.24, 2.45) is 5.73 Å². The summed E-state index contributed by atoms with van der Waals surface area (Å²) in [5.74, 6) is 0.791. The van der Waals surface area contributed by atoms with Crippen LogP contribution in [0.4, 0.5) is 0 Å². The molecular formula is C16H26N2O3. The molecule has 0 aromatic heterocycles. The molecule has 21 heavy (non-hydrogen) atoms. The number of para-hydroxylation sites is 1. The van der Waals surface area contributed by atoms with Crippen LogP contribution in [-0.4, -0.2) is 42.2 Å². The monoisotopic (exact) mass is 294 g/mol. The van der Waals surface area contributed by atoms with Crippen molar-refractivity contribution in [2.75, 3.05) is 20.3 Å². The number of ether oxygens (including phenoxy) is 1. The summed E-state index contributed by atoms with van der Waals surface area (Å²) in [5, 5.41) is 9.16. The van der Waals surface area contributed by atoms with Crippen LogP contribution in [0.15, 0.2) is 24.3 Å². The lowest BCUT2D eigenvalue weighted by molar-refractivity contribution is -0.132. The van der Waals surface area contributed by atoms with E-state index in [1.165, 1.54) is 0 Å². The van der Waals surface area contributed by atoms with Crippen LogP contribution in [0.25, 0.3) is 0 Å². The number of hydrogen-bond acceptors (Lipinski definition) is 4. The average Bonchev–Trinajstić information content (AvgIpc) is 2.46. The summed E-state index contributed by atoms with van der Waals surface area (Å²) in [6.45, 7) is 2.66. The maximum Gasteiger partial charge on any atom is 0.222 e. The van der Waals surface area contributed by atoms with Crippen molar-refractivity contribution < 1.29 is 14.6 Å². The SMILES string of the molecule is COc1ccccc1CN(CCO)C(=O)CCCC(C)N. The quantitative estimate of drug-likeness (QED) is 0.724. The molecule has 0 saturated heterocycles. The molecule has 1 unspecified atom stereocenters. The minimum atomic E-state index is -0.0474. The number of hydrogen-bond donors (Lipinski definition) is 2. The largest absolute Gasteiger partial charge is 0.496 e. The van der Waals surface area contributed by atoms with E-state index >= 15 is 0 Å². The Kier molecular flexibility index (Phi) is 7.79. The molecule has 5 heteroatoms. The van der Waals surface area contributed by atoms with Gasteiger partial charge in [0.25, 0.3) is 0 Å². The minimum absolute atomic E-state index is 0.0376. The number of amides is 1. The molecule has 0 bridgehead atoms. The topological polar surface area (TPSA) is 75.8 Å². The van der Waals surface area contributed by atoms with Crippen LogP contribution in [0.5, 0.6) is 5.75 Å². The van der Waals surface area contributed by atoms with Crippen molar-refractivity contribution in [2.45, 2.75) is 38.8 Å². The molecule has 118 valence electrons. The fraction of sp³-hybridized carbons (Fsp3) is 0.562. The van der Waals surface area contributed by atoms with Gasteiger partial charge in [0.05, 0.1) is 13.7 Å². The summed E-state index contributed by atoms with van der Waals surface area (Å²) >= 11 is 0. The molecule has 1 aromatic rings. The number of nitrogens with two attached hydrogens (primary N) is 1. The standard InChI is InChI=1S/C16H26N2O3/c1-13(17)6-5-9-16(20)18(10-11-19)12-14-7-3-4-8-15(14)21-2/h3-4,7-8,13,19H,5-6,9-12,17H2,1-2H3. The first-order valence-electron chi connectivity index (χ1n) is 7.34. The van der Waals surface area contributed by atoms with Crippen molar-refractivity contribution in [3.05, 3.63) is 29.8 Å². The summed E-state index contributed by atoms with van der Waals surface area (Å²) in [7, 11) is 1.61. The van der Waals surface area contributed by atoms with Crippen LogP contribution in [0.2, 0.25) is 0 Å². The Morgan fingerprint density at radius 3 is 2.76 bits per heavy atom. The molecule has 1 aromatic carbocycles. The van der Waals surface area contributed by atoms with Gasteiger partial charge in [-0.15, -0.1) is 0 Å². The highest BCUT2D eigenvalue weighted by Gasteiger charge is 2.15. The van der Waals surface area contributed by atoms with E-state index in [4.69, 9.17) is 15.6 Å². The van der Waals surface area contributed by atoms with E-state index in [9.17, 15) is 4.79 Å². The number of rotatable bonds is 9. The van der Waals surface area contributed by atoms with Gasteiger partial charge in [0.15, 0.2) is 0 Å². The van der Waals surface area contributed by atoms with Crippen LogP contribution in [-0.2, 0) is 11.3 Å². The van der Waals surface area contributed by atoms with Crippen LogP contribution >= 0.6 is 0 Å². The van der Waals surface area contributed by atoms with Crippen LogP contribution in [0.1, 0.15) is 31.7 Å². The van der Waals surface area contributed by atoms with E-state index in [2.05, 4.69) is 0 Å². The first kappa shape index (κ1) is 17.5. The van der Waals surface area contributed by atoms with E-state index in [-0.39, 0.29) is 18.6 Å². The zero-order valence-corrected chi connectivity index (χ0v) is 12.9. The zero-order chi connectivity index (χ0) is 15.7. The second kappa shape index (κ2) is 9.37. The van der Waals surface area contributed by atoms with Gasteiger partial charge in [0.2, 0.25) is 5.91 Å². The lowest BCUT2D eigenvalue weighted by Gasteiger charge is -2.23. The van der Waals surface area contributed by atoms with E-state index in [1.54, 1.807) is 12.0 Å². The van der Waals surface area contributed by atoms with Gasteiger partial charge < -0.3 is 20.5 Å².